The highest BCUT2D eigenvalue weighted by Gasteiger charge is 2.72. The third-order valence-corrected chi connectivity index (χ3v) is 4.72. The number of carboxylic acid groups (broad SMARTS) is 1. The number of oxime groups is 1. The minimum atomic E-state index is -1.12. The number of hydrogen-bond acceptors (Lipinski definition) is 4. The van der Waals surface area contributed by atoms with E-state index in [-0.39, 0.29) is 22.3 Å². The van der Waals surface area contributed by atoms with Crippen LogP contribution in [0.2, 0.25) is 5.02 Å². The molecule has 4 rings (SSSR count). The van der Waals surface area contributed by atoms with Crippen LogP contribution in [0.3, 0.4) is 0 Å². The predicted octanol–water partition coefficient (Wildman–Crippen LogP) is 1.92. The number of carbonyl (C=O) groups is 2. The summed E-state index contributed by atoms with van der Waals surface area (Å²) in [7, 11) is 0. The molecule has 0 spiro atoms. The Bertz CT molecular complexity index is 717. The smallest absolute Gasteiger partial charge is 0.405 e. The van der Waals surface area contributed by atoms with Crippen molar-refractivity contribution in [3.05, 3.63) is 34.6 Å². The largest absolute Gasteiger partial charge is 0.465 e. The summed E-state index contributed by atoms with van der Waals surface area (Å²) in [6.45, 7) is 0. The van der Waals surface area contributed by atoms with Gasteiger partial charge in [0.05, 0.1) is 10.4 Å². The molecule has 1 aromatic rings. The zero-order valence-electron chi connectivity index (χ0n) is 11.8. The number of amides is 2. The number of nitrogens with one attached hydrogen (secondary N) is 2. The first kappa shape index (κ1) is 15.5. The highest BCUT2D eigenvalue weighted by Crippen LogP contribution is 2.67. The van der Waals surface area contributed by atoms with Crippen LogP contribution in [0.25, 0.3) is 0 Å². The van der Waals surface area contributed by atoms with Gasteiger partial charge in [0, 0.05) is 11.1 Å². The van der Waals surface area contributed by atoms with E-state index in [1.165, 1.54) is 12.1 Å². The minimum absolute atomic E-state index is 0.0847. The Morgan fingerprint density at radius 3 is 2.48 bits per heavy atom. The first-order valence-corrected chi connectivity index (χ1v) is 7.17. The third-order valence-electron chi connectivity index (χ3n) is 4.41. The van der Waals surface area contributed by atoms with Crippen LogP contribution in [0.4, 0.5) is 9.18 Å². The molecule has 1 aromatic carbocycles. The van der Waals surface area contributed by atoms with E-state index < -0.39 is 22.9 Å². The maximum absolute atomic E-state index is 13.5. The molecule has 7 nitrogen and oxygen atoms in total. The molecule has 0 aliphatic heterocycles. The average molecular weight is 342 g/mol. The van der Waals surface area contributed by atoms with Crippen LogP contribution >= 0.6 is 11.6 Å². The van der Waals surface area contributed by atoms with Gasteiger partial charge in [-0.05, 0) is 37.5 Å². The maximum atomic E-state index is 13.5. The van der Waals surface area contributed by atoms with E-state index in [9.17, 15) is 14.0 Å². The summed E-state index contributed by atoms with van der Waals surface area (Å²) < 4.78 is 13.5. The SMILES string of the molecule is O=C(O)NC12CC(C(=O)N/C(=N\O)c3ccc(Cl)c(F)c3)(C1)C2. The number of carbonyl (C=O) groups excluding carboxylic acids is 1. The van der Waals surface area contributed by atoms with Crippen LogP contribution in [0, 0.1) is 11.2 Å². The van der Waals surface area contributed by atoms with E-state index in [1.54, 1.807) is 0 Å². The van der Waals surface area contributed by atoms with Crippen LogP contribution < -0.4 is 10.6 Å². The molecular weight excluding hydrogens is 329 g/mol. The number of rotatable bonds is 3. The molecule has 0 unspecified atom stereocenters. The summed E-state index contributed by atoms with van der Waals surface area (Å²) in [5.74, 6) is -1.26. The van der Waals surface area contributed by atoms with Crippen molar-refractivity contribution in [1.82, 2.24) is 10.6 Å². The van der Waals surface area contributed by atoms with Crippen molar-refractivity contribution in [3.8, 4) is 0 Å². The molecule has 0 radical (unpaired) electrons. The molecule has 3 fully saturated rings. The standard InChI is InChI=1S/C14H13ClFN3O4/c15-8-2-1-7(3-9(8)16)10(19-23)17-11(20)13-4-14(5-13,6-13)18-12(21)22/h1-3,18,23H,4-6H2,(H,21,22)(H,17,19,20). The van der Waals surface area contributed by atoms with E-state index >= 15 is 0 Å². The predicted molar refractivity (Wildman–Crippen MR) is 78.1 cm³/mol. The second-order valence-corrected chi connectivity index (χ2v) is 6.46. The van der Waals surface area contributed by atoms with Gasteiger partial charge in [0.15, 0.2) is 5.84 Å². The lowest BCUT2D eigenvalue weighted by Crippen LogP contribution is -2.78. The van der Waals surface area contributed by atoms with Crippen LogP contribution in [0.5, 0.6) is 0 Å². The van der Waals surface area contributed by atoms with Crippen molar-refractivity contribution in [2.24, 2.45) is 10.6 Å². The fraction of sp³-hybridized carbons (Fsp3) is 0.357. The monoisotopic (exact) mass is 341 g/mol. The molecule has 3 saturated carbocycles. The van der Waals surface area contributed by atoms with Crippen molar-refractivity contribution in [2.45, 2.75) is 24.8 Å². The number of nitrogens with zero attached hydrogens (tertiary/aromatic N) is 1. The summed E-state index contributed by atoms with van der Waals surface area (Å²) in [5, 5.41) is 25.6. The molecule has 9 heteroatoms. The normalized spacial score (nSPS) is 28.3. The lowest BCUT2D eigenvalue weighted by atomic mass is 9.39. The van der Waals surface area contributed by atoms with Crippen molar-refractivity contribution in [2.75, 3.05) is 0 Å². The fourth-order valence-electron chi connectivity index (χ4n) is 3.43. The molecule has 3 aliphatic carbocycles. The van der Waals surface area contributed by atoms with E-state index in [1.807, 2.05) is 0 Å². The number of halogens is 2. The lowest BCUT2D eigenvalue weighted by molar-refractivity contribution is -0.177. The molecule has 0 aromatic heterocycles. The molecule has 122 valence electrons. The molecular formula is C14H13ClFN3O4. The van der Waals surface area contributed by atoms with Gasteiger partial charge in [-0.3, -0.25) is 4.79 Å². The van der Waals surface area contributed by atoms with Crippen molar-refractivity contribution >= 4 is 29.4 Å². The molecule has 0 heterocycles. The van der Waals surface area contributed by atoms with Gasteiger partial charge in [-0.2, -0.15) is 0 Å². The van der Waals surface area contributed by atoms with Crippen molar-refractivity contribution in [3.63, 3.8) is 0 Å². The Morgan fingerprint density at radius 1 is 1.30 bits per heavy atom. The Kier molecular flexibility index (Phi) is 3.44. The quantitative estimate of drug-likeness (QED) is 0.291. The molecule has 2 amide bonds. The van der Waals surface area contributed by atoms with Gasteiger partial charge < -0.3 is 20.9 Å². The molecule has 3 aliphatic rings. The zero-order valence-corrected chi connectivity index (χ0v) is 12.5. The topological polar surface area (TPSA) is 111 Å². The van der Waals surface area contributed by atoms with Crippen molar-refractivity contribution < 1.29 is 24.3 Å². The summed E-state index contributed by atoms with van der Waals surface area (Å²) in [6.07, 6.45) is 0.0664. The van der Waals surface area contributed by atoms with E-state index in [4.69, 9.17) is 21.9 Å². The Hall–Kier alpha value is -2.35. The van der Waals surface area contributed by atoms with Gasteiger partial charge in [-0.15, -0.1) is 0 Å². The Morgan fingerprint density at radius 2 is 1.96 bits per heavy atom. The van der Waals surface area contributed by atoms with E-state index in [0.29, 0.717) is 19.3 Å². The third kappa shape index (κ3) is 2.48. The number of benzene rings is 1. The molecule has 4 N–H and O–H groups in total. The minimum Gasteiger partial charge on any atom is -0.465 e. The summed E-state index contributed by atoms with van der Waals surface area (Å²) in [6, 6.07) is 3.75. The lowest BCUT2D eigenvalue weighted by Gasteiger charge is -2.68. The average Bonchev–Trinajstić information content (AvgIpc) is 2.41. The highest BCUT2D eigenvalue weighted by atomic mass is 35.5. The van der Waals surface area contributed by atoms with Gasteiger partial charge >= 0.3 is 6.09 Å². The van der Waals surface area contributed by atoms with Gasteiger partial charge in [-0.1, -0.05) is 16.8 Å². The molecule has 2 bridgehead atoms. The first-order valence-electron chi connectivity index (χ1n) is 6.79. The fourth-order valence-corrected chi connectivity index (χ4v) is 3.54. The van der Waals surface area contributed by atoms with Crippen LogP contribution in [0.1, 0.15) is 24.8 Å². The summed E-state index contributed by atoms with van der Waals surface area (Å²) in [5.41, 5.74) is -1.01. The highest BCUT2D eigenvalue weighted by molar-refractivity contribution is 6.30. The van der Waals surface area contributed by atoms with E-state index in [0.717, 1.165) is 6.07 Å². The molecule has 23 heavy (non-hydrogen) atoms. The number of amidine groups is 1. The van der Waals surface area contributed by atoms with Gasteiger partial charge in [-0.25, -0.2) is 9.18 Å². The van der Waals surface area contributed by atoms with Crippen LogP contribution in [-0.4, -0.2) is 33.7 Å². The maximum Gasteiger partial charge on any atom is 0.405 e. The van der Waals surface area contributed by atoms with Crippen molar-refractivity contribution in [1.29, 1.82) is 0 Å². The zero-order chi connectivity index (χ0) is 16.8. The Balaban J connectivity index is 1.66. The second-order valence-electron chi connectivity index (χ2n) is 6.05. The van der Waals surface area contributed by atoms with Crippen LogP contribution in [0.15, 0.2) is 23.4 Å². The van der Waals surface area contributed by atoms with Gasteiger partial charge in [0.2, 0.25) is 5.91 Å². The summed E-state index contributed by atoms with van der Waals surface area (Å²) in [4.78, 5) is 23.0. The molecule has 0 atom stereocenters. The number of hydrogen-bond donors (Lipinski definition) is 4. The summed E-state index contributed by atoms with van der Waals surface area (Å²) >= 11 is 5.58. The van der Waals surface area contributed by atoms with Gasteiger partial charge in [0.25, 0.3) is 0 Å². The first-order chi connectivity index (χ1) is 10.8. The second kappa shape index (κ2) is 5.09. The van der Waals surface area contributed by atoms with E-state index in [2.05, 4.69) is 15.8 Å². The molecule has 0 saturated heterocycles. The Labute approximate surface area is 135 Å². The van der Waals surface area contributed by atoms with Crippen LogP contribution in [-0.2, 0) is 4.79 Å². The van der Waals surface area contributed by atoms with Gasteiger partial charge in [0.1, 0.15) is 5.82 Å².